The molecule has 4 saturated carbocycles. The van der Waals surface area contributed by atoms with Crippen molar-refractivity contribution >= 4 is 32.6 Å². The SMILES string of the molecule is c1ccc2c(c1)-c1c(-c3cccc4c3c3ccccc3n4-c3ccc4ccccc4c3)cccc1C21C2CC3CC(C2)CC1C3. The third kappa shape index (κ3) is 3.09. The molecule has 6 aromatic carbocycles. The Balaban J connectivity index is 1.20. The van der Waals surface area contributed by atoms with Gasteiger partial charge in [0.05, 0.1) is 11.0 Å². The van der Waals surface area contributed by atoms with Gasteiger partial charge in [-0.25, -0.2) is 0 Å². The molecule has 0 amide bonds. The fourth-order valence-electron chi connectivity index (χ4n) is 11.3. The molecule has 1 nitrogen and oxygen atoms in total. The van der Waals surface area contributed by atoms with E-state index < -0.39 is 0 Å². The second-order valence-electron chi connectivity index (χ2n) is 14.5. The number of para-hydroxylation sites is 1. The van der Waals surface area contributed by atoms with Crippen LogP contribution in [0.15, 0.2) is 127 Å². The normalized spacial score (nSPS) is 25.9. The Morgan fingerprint density at radius 2 is 1.13 bits per heavy atom. The van der Waals surface area contributed by atoms with Crippen molar-refractivity contribution in [3.63, 3.8) is 0 Å². The number of hydrogen-bond donors (Lipinski definition) is 0. The molecule has 5 aliphatic rings. The average Bonchev–Trinajstić information content (AvgIpc) is 3.58. The molecule has 0 N–H and O–H groups in total. The Morgan fingerprint density at radius 3 is 2.00 bits per heavy atom. The predicted octanol–water partition coefficient (Wildman–Crippen LogP) is 11.3. The second kappa shape index (κ2) is 8.76. The van der Waals surface area contributed by atoms with E-state index in [1.165, 1.54) is 92.6 Å². The Labute approximate surface area is 264 Å². The zero-order chi connectivity index (χ0) is 29.3. The van der Waals surface area contributed by atoms with Crippen molar-refractivity contribution in [3.05, 3.63) is 139 Å². The third-order valence-corrected chi connectivity index (χ3v) is 12.6. The first kappa shape index (κ1) is 24.7. The highest BCUT2D eigenvalue weighted by molar-refractivity contribution is 6.17. The molecule has 1 aromatic heterocycles. The van der Waals surface area contributed by atoms with Gasteiger partial charge < -0.3 is 4.57 Å². The maximum atomic E-state index is 2.53. The number of rotatable bonds is 2. The van der Waals surface area contributed by atoms with Gasteiger partial charge in [-0.3, -0.25) is 0 Å². The van der Waals surface area contributed by atoms with Crippen LogP contribution in [0.1, 0.15) is 43.2 Å². The standard InChI is InChI=1S/C44H35N/c1-2-10-30-26-33(20-19-29(30)9-1)45-40-17-6-4-12-37(40)43-35(14-8-18-41(43)45)34-13-7-16-39-42(34)36-11-3-5-15-38(36)44(39)31-22-27-21-28(24-31)25-32(44)23-27/h1-20,26-28,31-32H,21-25H2. The molecule has 1 heterocycles. The van der Waals surface area contributed by atoms with Crippen molar-refractivity contribution < 1.29 is 0 Å². The lowest BCUT2D eigenvalue weighted by atomic mass is 9.43. The summed E-state index contributed by atoms with van der Waals surface area (Å²) in [5.41, 5.74) is 13.0. The number of fused-ring (bicyclic) bond motifs is 7. The van der Waals surface area contributed by atoms with Crippen LogP contribution in [0, 0.1) is 23.7 Å². The first-order valence-corrected chi connectivity index (χ1v) is 17.0. The first-order valence-electron chi connectivity index (χ1n) is 17.0. The van der Waals surface area contributed by atoms with E-state index in [1.807, 2.05) is 0 Å². The monoisotopic (exact) mass is 577 g/mol. The average molecular weight is 578 g/mol. The van der Waals surface area contributed by atoms with Gasteiger partial charge in [0.1, 0.15) is 0 Å². The fourth-order valence-corrected chi connectivity index (χ4v) is 11.3. The maximum absolute atomic E-state index is 2.53. The van der Waals surface area contributed by atoms with E-state index in [0.29, 0.717) is 0 Å². The van der Waals surface area contributed by atoms with Crippen molar-refractivity contribution in [3.8, 4) is 27.9 Å². The highest BCUT2D eigenvalue weighted by Crippen LogP contribution is 2.70. The number of nitrogens with zero attached hydrogens (tertiary/aromatic N) is 1. The van der Waals surface area contributed by atoms with Crippen molar-refractivity contribution in [2.45, 2.75) is 37.5 Å². The van der Waals surface area contributed by atoms with Gasteiger partial charge in [-0.05, 0) is 124 Å². The van der Waals surface area contributed by atoms with E-state index in [0.717, 1.165) is 23.7 Å². The van der Waals surface area contributed by atoms with Crippen LogP contribution in [-0.4, -0.2) is 4.57 Å². The molecule has 0 saturated heterocycles. The summed E-state index contributed by atoms with van der Waals surface area (Å²) < 4.78 is 2.48. The summed E-state index contributed by atoms with van der Waals surface area (Å²) in [4.78, 5) is 0. The maximum Gasteiger partial charge on any atom is 0.0547 e. The van der Waals surface area contributed by atoms with Gasteiger partial charge in [0.25, 0.3) is 0 Å². The molecular formula is C44H35N. The minimum atomic E-state index is 0.183. The van der Waals surface area contributed by atoms with Crippen molar-refractivity contribution in [2.24, 2.45) is 23.7 Å². The topological polar surface area (TPSA) is 4.93 Å². The summed E-state index contributed by atoms with van der Waals surface area (Å²) >= 11 is 0. The highest BCUT2D eigenvalue weighted by Gasteiger charge is 2.61. The molecular weight excluding hydrogens is 542 g/mol. The third-order valence-electron chi connectivity index (χ3n) is 12.6. The minimum Gasteiger partial charge on any atom is -0.309 e. The molecule has 0 radical (unpaired) electrons. The summed E-state index contributed by atoms with van der Waals surface area (Å²) in [6.07, 6.45) is 7.15. The Morgan fingerprint density at radius 1 is 0.489 bits per heavy atom. The lowest BCUT2D eigenvalue weighted by molar-refractivity contribution is -0.0399. The summed E-state index contributed by atoms with van der Waals surface area (Å²) in [5, 5.41) is 5.23. The molecule has 0 unspecified atom stereocenters. The number of hydrogen-bond acceptors (Lipinski definition) is 0. The van der Waals surface area contributed by atoms with E-state index in [2.05, 4.69) is 132 Å². The molecule has 7 aromatic rings. The first-order chi connectivity index (χ1) is 22.3. The zero-order valence-electron chi connectivity index (χ0n) is 25.4. The van der Waals surface area contributed by atoms with Crippen LogP contribution in [-0.2, 0) is 5.41 Å². The number of aromatic nitrogens is 1. The Bertz CT molecular complexity index is 2320. The fraction of sp³-hybridized carbons (Fsp3) is 0.227. The lowest BCUT2D eigenvalue weighted by Gasteiger charge is -2.61. The Kier molecular flexibility index (Phi) is 4.80. The van der Waals surface area contributed by atoms with Gasteiger partial charge in [-0.1, -0.05) is 103 Å². The molecule has 45 heavy (non-hydrogen) atoms. The molecule has 5 aliphatic carbocycles. The predicted molar refractivity (Wildman–Crippen MR) is 187 cm³/mol. The Hall–Kier alpha value is -4.62. The summed E-state index contributed by atoms with van der Waals surface area (Å²) in [6.45, 7) is 0. The molecule has 1 spiro atoms. The van der Waals surface area contributed by atoms with Crippen LogP contribution in [0.25, 0.3) is 60.5 Å². The van der Waals surface area contributed by atoms with E-state index in [-0.39, 0.29) is 5.41 Å². The van der Waals surface area contributed by atoms with Gasteiger partial charge in [-0.2, -0.15) is 0 Å². The molecule has 4 bridgehead atoms. The minimum absolute atomic E-state index is 0.183. The van der Waals surface area contributed by atoms with E-state index >= 15 is 0 Å². The number of benzene rings is 6. The van der Waals surface area contributed by atoms with Crippen LogP contribution in [0.5, 0.6) is 0 Å². The summed E-state index contributed by atoms with van der Waals surface area (Å²) in [6, 6.07) is 48.5. The lowest BCUT2D eigenvalue weighted by Crippen LogP contribution is -2.55. The summed E-state index contributed by atoms with van der Waals surface area (Å²) in [5.74, 6) is 3.45. The van der Waals surface area contributed by atoms with E-state index in [1.54, 1.807) is 11.1 Å². The zero-order valence-corrected chi connectivity index (χ0v) is 25.4. The quantitative estimate of drug-likeness (QED) is 0.193. The van der Waals surface area contributed by atoms with Crippen molar-refractivity contribution in [1.82, 2.24) is 4.57 Å². The van der Waals surface area contributed by atoms with Gasteiger partial charge in [0.2, 0.25) is 0 Å². The molecule has 12 rings (SSSR count). The molecule has 216 valence electrons. The van der Waals surface area contributed by atoms with Crippen LogP contribution in [0.3, 0.4) is 0 Å². The van der Waals surface area contributed by atoms with Crippen LogP contribution in [0.4, 0.5) is 0 Å². The second-order valence-corrected chi connectivity index (χ2v) is 14.5. The van der Waals surface area contributed by atoms with E-state index in [4.69, 9.17) is 0 Å². The molecule has 0 atom stereocenters. The van der Waals surface area contributed by atoms with E-state index in [9.17, 15) is 0 Å². The van der Waals surface area contributed by atoms with Crippen molar-refractivity contribution in [2.75, 3.05) is 0 Å². The molecule has 1 heteroatoms. The van der Waals surface area contributed by atoms with Gasteiger partial charge in [0, 0.05) is 21.9 Å². The smallest absolute Gasteiger partial charge is 0.0547 e. The highest BCUT2D eigenvalue weighted by atomic mass is 15.0. The van der Waals surface area contributed by atoms with Crippen molar-refractivity contribution in [1.29, 1.82) is 0 Å². The van der Waals surface area contributed by atoms with Crippen LogP contribution >= 0.6 is 0 Å². The molecule has 0 aliphatic heterocycles. The van der Waals surface area contributed by atoms with Crippen LogP contribution in [0.2, 0.25) is 0 Å². The van der Waals surface area contributed by atoms with Gasteiger partial charge >= 0.3 is 0 Å². The van der Waals surface area contributed by atoms with Crippen LogP contribution < -0.4 is 0 Å². The molecule has 4 fully saturated rings. The largest absolute Gasteiger partial charge is 0.309 e. The van der Waals surface area contributed by atoms with Gasteiger partial charge in [-0.15, -0.1) is 0 Å². The summed E-state index contributed by atoms with van der Waals surface area (Å²) in [7, 11) is 0. The van der Waals surface area contributed by atoms with Gasteiger partial charge in [0.15, 0.2) is 0 Å².